The highest BCUT2D eigenvalue weighted by Gasteiger charge is 2.34. The Kier molecular flexibility index (Phi) is 7.20. The van der Waals surface area contributed by atoms with Crippen molar-refractivity contribution >= 4 is 0 Å². The first kappa shape index (κ1) is 16.5. The minimum absolute atomic E-state index is 0.312. The summed E-state index contributed by atoms with van der Waals surface area (Å²) in [6.45, 7) is 5.20. The van der Waals surface area contributed by atoms with Crippen LogP contribution in [-0.4, -0.2) is 16.7 Å². The number of nitrogens with one attached hydrogen (secondary N) is 1. The standard InChI is InChI=1S/C17H31N3O/c1-3-4-5-6-7-8-9-10-13-18-16(15-11-12-15)17-19-14(2)21-20-17/h15-16,18H,3-13H2,1-2H3. The minimum Gasteiger partial charge on any atom is -0.340 e. The third kappa shape index (κ3) is 6.16. The molecule has 0 spiro atoms. The molecule has 1 unspecified atom stereocenters. The van der Waals surface area contributed by atoms with Crippen LogP contribution in [0.1, 0.15) is 88.9 Å². The number of aromatic nitrogens is 2. The highest BCUT2D eigenvalue weighted by molar-refractivity contribution is 5.00. The molecule has 0 amide bonds. The van der Waals surface area contributed by atoms with E-state index in [2.05, 4.69) is 22.4 Å². The first-order valence-electron chi connectivity index (χ1n) is 8.85. The first-order chi connectivity index (χ1) is 10.3. The third-order valence-electron chi connectivity index (χ3n) is 4.31. The Morgan fingerprint density at radius 1 is 1.10 bits per heavy atom. The molecule has 0 radical (unpaired) electrons. The number of rotatable bonds is 12. The molecule has 1 N–H and O–H groups in total. The highest BCUT2D eigenvalue weighted by atomic mass is 16.5. The lowest BCUT2D eigenvalue weighted by Crippen LogP contribution is -2.25. The van der Waals surface area contributed by atoms with Gasteiger partial charge in [-0.25, -0.2) is 0 Å². The van der Waals surface area contributed by atoms with Gasteiger partial charge in [-0.15, -0.1) is 0 Å². The van der Waals surface area contributed by atoms with Crippen molar-refractivity contribution in [2.45, 2.75) is 84.1 Å². The number of aryl methyl sites for hydroxylation is 1. The van der Waals surface area contributed by atoms with Crippen molar-refractivity contribution in [2.24, 2.45) is 5.92 Å². The Hall–Kier alpha value is -0.900. The Balaban J connectivity index is 1.54. The molecule has 2 rings (SSSR count). The molecule has 21 heavy (non-hydrogen) atoms. The molecule has 1 saturated carbocycles. The van der Waals surface area contributed by atoms with Crippen molar-refractivity contribution in [3.8, 4) is 0 Å². The second-order valence-corrected chi connectivity index (χ2v) is 6.42. The van der Waals surface area contributed by atoms with E-state index in [1.807, 2.05) is 6.92 Å². The largest absolute Gasteiger partial charge is 0.340 e. The summed E-state index contributed by atoms with van der Waals surface area (Å²) in [7, 11) is 0. The maximum Gasteiger partial charge on any atom is 0.223 e. The lowest BCUT2D eigenvalue weighted by Gasteiger charge is -2.14. The van der Waals surface area contributed by atoms with Crippen molar-refractivity contribution in [1.82, 2.24) is 15.5 Å². The maximum atomic E-state index is 5.11. The SMILES string of the molecule is CCCCCCCCCCNC(c1noc(C)n1)C1CC1. The first-order valence-corrected chi connectivity index (χ1v) is 8.85. The summed E-state index contributed by atoms with van der Waals surface area (Å²) in [6, 6.07) is 0.312. The lowest BCUT2D eigenvalue weighted by atomic mass is 10.1. The van der Waals surface area contributed by atoms with Crippen LogP contribution in [0.3, 0.4) is 0 Å². The van der Waals surface area contributed by atoms with Crippen molar-refractivity contribution in [3.05, 3.63) is 11.7 Å². The molecule has 1 aliphatic rings. The van der Waals surface area contributed by atoms with Gasteiger partial charge in [-0.1, -0.05) is 57.0 Å². The quantitative estimate of drug-likeness (QED) is 0.574. The van der Waals surface area contributed by atoms with Gasteiger partial charge in [0, 0.05) is 6.92 Å². The topological polar surface area (TPSA) is 51.0 Å². The Bertz CT molecular complexity index is 387. The molecule has 0 aliphatic heterocycles. The molecular formula is C17H31N3O. The van der Waals surface area contributed by atoms with E-state index < -0.39 is 0 Å². The molecule has 0 saturated heterocycles. The van der Waals surface area contributed by atoms with Gasteiger partial charge in [-0.3, -0.25) is 0 Å². The second kappa shape index (κ2) is 9.19. The minimum atomic E-state index is 0.312. The van der Waals surface area contributed by atoms with Gasteiger partial charge < -0.3 is 9.84 Å². The van der Waals surface area contributed by atoms with Crippen molar-refractivity contribution in [2.75, 3.05) is 6.54 Å². The normalized spacial score (nSPS) is 16.3. The molecule has 1 aromatic heterocycles. The predicted molar refractivity (Wildman–Crippen MR) is 85.1 cm³/mol. The summed E-state index contributed by atoms with van der Waals surface area (Å²) in [5.41, 5.74) is 0. The van der Waals surface area contributed by atoms with Gasteiger partial charge in [0.2, 0.25) is 5.89 Å². The summed E-state index contributed by atoms with van der Waals surface area (Å²) in [4.78, 5) is 4.39. The Morgan fingerprint density at radius 3 is 2.33 bits per heavy atom. The fourth-order valence-corrected chi connectivity index (χ4v) is 2.86. The van der Waals surface area contributed by atoms with Crippen LogP contribution in [-0.2, 0) is 0 Å². The van der Waals surface area contributed by atoms with E-state index in [1.165, 1.54) is 64.2 Å². The summed E-state index contributed by atoms with van der Waals surface area (Å²) < 4.78 is 5.11. The van der Waals surface area contributed by atoms with E-state index in [9.17, 15) is 0 Å². The number of nitrogens with zero attached hydrogens (tertiary/aromatic N) is 2. The van der Waals surface area contributed by atoms with E-state index in [4.69, 9.17) is 4.52 Å². The van der Waals surface area contributed by atoms with Gasteiger partial charge in [-0.05, 0) is 31.7 Å². The molecule has 4 heteroatoms. The molecule has 1 aromatic rings. The monoisotopic (exact) mass is 293 g/mol. The average Bonchev–Trinajstić information content (AvgIpc) is 3.23. The molecule has 1 heterocycles. The molecule has 0 bridgehead atoms. The van der Waals surface area contributed by atoms with Gasteiger partial charge in [0.25, 0.3) is 0 Å². The van der Waals surface area contributed by atoms with Crippen LogP contribution in [0.15, 0.2) is 4.52 Å². The molecule has 1 fully saturated rings. The van der Waals surface area contributed by atoms with Gasteiger partial charge in [-0.2, -0.15) is 4.98 Å². The zero-order valence-corrected chi connectivity index (χ0v) is 13.7. The lowest BCUT2D eigenvalue weighted by molar-refractivity contribution is 0.368. The van der Waals surface area contributed by atoms with Crippen LogP contribution in [0, 0.1) is 12.8 Å². The Morgan fingerprint density at radius 2 is 1.76 bits per heavy atom. The zero-order valence-electron chi connectivity index (χ0n) is 13.7. The molecule has 0 aromatic carbocycles. The molecular weight excluding hydrogens is 262 g/mol. The van der Waals surface area contributed by atoms with E-state index in [-0.39, 0.29) is 0 Å². The van der Waals surface area contributed by atoms with Gasteiger partial charge in [0.15, 0.2) is 5.82 Å². The summed E-state index contributed by atoms with van der Waals surface area (Å²) in [6.07, 6.45) is 13.5. The zero-order chi connectivity index (χ0) is 14.9. The van der Waals surface area contributed by atoms with Crippen LogP contribution in [0.5, 0.6) is 0 Å². The molecule has 1 aliphatic carbocycles. The summed E-state index contributed by atoms with van der Waals surface area (Å²) in [5, 5.41) is 7.72. The van der Waals surface area contributed by atoms with Crippen molar-refractivity contribution in [3.63, 3.8) is 0 Å². The predicted octanol–water partition coefficient (Wildman–Crippen LogP) is 4.56. The number of hydrogen-bond acceptors (Lipinski definition) is 4. The van der Waals surface area contributed by atoms with Gasteiger partial charge >= 0.3 is 0 Å². The maximum absolute atomic E-state index is 5.11. The number of hydrogen-bond donors (Lipinski definition) is 1. The van der Waals surface area contributed by atoms with Crippen LogP contribution in [0.2, 0.25) is 0 Å². The highest BCUT2D eigenvalue weighted by Crippen LogP contribution is 2.40. The van der Waals surface area contributed by atoms with E-state index in [1.54, 1.807) is 0 Å². The van der Waals surface area contributed by atoms with E-state index in [0.717, 1.165) is 18.3 Å². The fraction of sp³-hybridized carbons (Fsp3) is 0.882. The van der Waals surface area contributed by atoms with E-state index in [0.29, 0.717) is 11.9 Å². The Labute approximate surface area is 129 Å². The third-order valence-corrected chi connectivity index (χ3v) is 4.31. The summed E-state index contributed by atoms with van der Waals surface area (Å²) in [5.74, 6) is 2.25. The molecule has 1 atom stereocenters. The van der Waals surface area contributed by atoms with Gasteiger partial charge in [0.1, 0.15) is 0 Å². The smallest absolute Gasteiger partial charge is 0.223 e. The van der Waals surface area contributed by atoms with Gasteiger partial charge in [0.05, 0.1) is 6.04 Å². The fourth-order valence-electron chi connectivity index (χ4n) is 2.86. The van der Waals surface area contributed by atoms with Crippen molar-refractivity contribution < 1.29 is 4.52 Å². The second-order valence-electron chi connectivity index (χ2n) is 6.42. The molecule has 4 nitrogen and oxygen atoms in total. The van der Waals surface area contributed by atoms with Crippen LogP contribution in [0.25, 0.3) is 0 Å². The van der Waals surface area contributed by atoms with Crippen molar-refractivity contribution in [1.29, 1.82) is 0 Å². The van der Waals surface area contributed by atoms with Crippen LogP contribution < -0.4 is 5.32 Å². The van der Waals surface area contributed by atoms with Crippen LogP contribution >= 0.6 is 0 Å². The number of unbranched alkanes of at least 4 members (excludes halogenated alkanes) is 7. The van der Waals surface area contributed by atoms with Crippen LogP contribution in [0.4, 0.5) is 0 Å². The van der Waals surface area contributed by atoms with E-state index >= 15 is 0 Å². The molecule has 120 valence electrons. The average molecular weight is 293 g/mol. The summed E-state index contributed by atoms with van der Waals surface area (Å²) >= 11 is 0.